The van der Waals surface area contributed by atoms with Crippen LogP contribution in [-0.4, -0.2) is 51.6 Å². The Hall–Kier alpha value is -3.81. The Bertz CT molecular complexity index is 1440. The lowest BCUT2D eigenvalue weighted by Gasteiger charge is -2.23. The molecular formula is C30H27ClN5O2. The van der Waals surface area contributed by atoms with Crippen LogP contribution in [0.25, 0.3) is 22.4 Å². The molecule has 0 aliphatic carbocycles. The van der Waals surface area contributed by atoms with Gasteiger partial charge in [0.1, 0.15) is 0 Å². The van der Waals surface area contributed by atoms with Crippen LogP contribution in [-0.2, 0) is 11.3 Å². The molecule has 1 N–H and O–H groups in total. The molecule has 2 aromatic heterocycles. The van der Waals surface area contributed by atoms with Gasteiger partial charge in [0.2, 0.25) is 5.95 Å². The van der Waals surface area contributed by atoms with Crippen molar-refractivity contribution >= 4 is 23.5 Å². The molecule has 2 aliphatic rings. The van der Waals surface area contributed by atoms with Gasteiger partial charge in [-0.25, -0.2) is 9.97 Å². The fourth-order valence-electron chi connectivity index (χ4n) is 4.89. The normalized spacial score (nSPS) is 15.5. The van der Waals surface area contributed by atoms with E-state index in [1.807, 2.05) is 35.2 Å². The number of anilines is 1. The Labute approximate surface area is 226 Å². The first kappa shape index (κ1) is 24.5. The molecule has 2 aromatic carbocycles. The summed E-state index contributed by atoms with van der Waals surface area (Å²) in [6.45, 7) is 2.57. The SMILES string of the molecule is O=C1c2cc(-c3nc(NC4CCOCC4)ncc3Cl)ccc2CN1C[CH]c1ccc(-c2ccncc2)cc1. The van der Waals surface area contributed by atoms with Crippen molar-refractivity contribution in [3.05, 3.63) is 101 Å². The molecule has 1 radical (unpaired) electrons. The zero-order valence-corrected chi connectivity index (χ0v) is 21.6. The van der Waals surface area contributed by atoms with Crippen LogP contribution < -0.4 is 5.32 Å². The number of aromatic nitrogens is 3. The third kappa shape index (κ3) is 5.26. The minimum Gasteiger partial charge on any atom is -0.381 e. The van der Waals surface area contributed by atoms with Crippen LogP contribution in [0.15, 0.2) is 73.2 Å². The predicted molar refractivity (Wildman–Crippen MR) is 148 cm³/mol. The van der Waals surface area contributed by atoms with Crippen LogP contribution >= 0.6 is 11.6 Å². The lowest BCUT2D eigenvalue weighted by atomic mass is 10.0. The van der Waals surface area contributed by atoms with Gasteiger partial charge < -0.3 is 15.0 Å². The number of hydrogen-bond donors (Lipinski definition) is 1. The van der Waals surface area contributed by atoms with Crippen LogP contribution in [0.2, 0.25) is 5.02 Å². The number of carbonyl (C=O) groups excluding carboxylic acids is 1. The van der Waals surface area contributed by atoms with Crippen molar-refractivity contribution in [2.75, 3.05) is 25.1 Å². The van der Waals surface area contributed by atoms with Crippen molar-refractivity contribution in [3.8, 4) is 22.4 Å². The number of carbonyl (C=O) groups is 1. The Morgan fingerprint density at radius 1 is 1.00 bits per heavy atom. The molecule has 0 unspecified atom stereocenters. The van der Waals surface area contributed by atoms with Gasteiger partial charge in [-0.15, -0.1) is 0 Å². The third-order valence-electron chi connectivity index (χ3n) is 7.03. The molecule has 0 spiro atoms. The number of benzene rings is 2. The maximum atomic E-state index is 13.3. The Kier molecular flexibility index (Phi) is 7.03. The highest BCUT2D eigenvalue weighted by atomic mass is 35.5. The zero-order valence-electron chi connectivity index (χ0n) is 20.8. The van der Waals surface area contributed by atoms with Crippen molar-refractivity contribution in [1.29, 1.82) is 0 Å². The summed E-state index contributed by atoms with van der Waals surface area (Å²) in [5.41, 5.74) is 6.45. The van der Waals surface area contributed by atoms with Crippen LogP contribution in [0, 0.1) is 6.42 Å². The number of rotatable bonds is 7. The molecule has 4 aromatic rings. The Balaban J connectivity index is 1.13. The van der Waals surface area contributed by atoms with E-state index in [0.29, 0.717) is 35.3 Å². The molecule has 38 heavy (non-hydrogen) atoms. The van der Waals surface area contributed by atoms with Crippen molar-refractivity contribution < 1.29 is 9.53 Å². The van der Waals surface area contributed by atoms with Gasteiger partial charge in [0.25, 0.3) is 5.91 Å². The highest BCUT2D eigenvalue weighted by Gasteiger charge is 2.28. The highest BCUT2D eigenvalue weighted by Crippen LogP contribution is 2.32. The second-order valence-corrected chi connectivity index (χ2v) is 9.95. The molecule has 191 valence electrons. The molecule has 0 bridgehead atoms. The fourth-order valence-corrected chi connectivity index (χ4v) is 5.09. The van der Waals surface area contributed by atoms with E-state index in [1.165, 1.54) is 0 Å². The average Bonchev–Trinajstić information content (AvgIpc) is 3.29. The maximum absolute atomic E-state index is 13.3. The van der Waals surface area contributed by atoms with Crippen molar-refractivity contribution in [2.45, 2.75) is 25.4 Å². The molecule has 7 nitrogen and oxygen atoms in total. The number of amides is 1. The number of fused-ring (bicyclic) bond motifs is 1. The summed E-state index contributed by atoms with van der Waals surface area (Å²) in [5, 5.41) is 3.84. The van der Waals surface area contributed by atoms with Gasteiger partial charge in [-0.3, -0.25) is 9.78 Å². The first-order chi connectivity index (χ1) is 18.6. The number of pyridine rings is 1. The first-order valence-electron chi connectivity index (χ1n) is 12.8. The molecule has 1 fully saturated rings. The van der Waals surface area contributed by atoms with Gasteiger partial charge in [-0.05, 0) is 53.3 Å². The molecule has 8 heteroatoms. The number of nitrogens with one attached hydrogen (secondary N) is 1. The molecule has 2 aliphatic heterocycles. The lowest BCUT2D eigenvalue weighted by molar-refractivity contribution is 0.0792. The van der Waals surface area contributed by atoms with E-state index in [4.69, 9.17) is 16.3 Å². The topological polar surface area (TPSA) is 80.2 Å². The molecule has 6 rings (SSSR count). The standard InChI is InChI=1S/C30H27ClN5O2/c31-27-18-33-30(34-25-10-15-38-16-11-25)35-28(27)23-5-6-24-19-36(29(37)26(24)17-23)14-9-20-1-3-21(4-2-20)22-7-12-32-13-8-22/h1-9,12-13,17-18,25H,10-11,14-16,19H2,(H,33,34,35). The lowest BCUT2D eigenvalue weighted by Crippen LogP contribution is -2.28. The predicted octanol–water partition coefficient (Wildman–Crippen LogP) is 5.66. The van der Waals surface area contributed by atoms with E-state index >= 15 is 0 Å². The first-order valence-corrected chi connectivity index (χ1v) is 13.1. The number of hydrogen-bond acceptors (Lipinski definition) is 6. The van der Waals surface area contributed by atoms with E-state index in [2.05, 4.69) is 51.0 Å². The van der Waals surface area contributed by atoms with Crippen LogP contribution in [0.3, 0.4) is 0 Å². The van der Waals surface area contributed by atoms with E-state index in [-0.39, 0.29) is 11.9 Å². The van der Waals surface area contributed by atoms with E-state index in [1.54, 1.807) is 18.6 Å². The maximum Gasteiger partial charge on any atom is 0.254 e. The average molecular weight is 525 g/mol. The fraction of sp³-hybridized carbons (Fsp3) is 0.233. The summed E-state index contributed by atoms with van der Waals surface area (Å²) in [6.07, 6.45) is 9.10. The Morgan fingerprint density at radius 2 is 1.74 bits per heavy atom. The molecule has 4 heterocycles. The largest absolute Gasteiger partial charge is 0.381 e. The van der Waals surface area contributed by atoms with Crippen LogP contribution in [0.5, 0.6) is 0 Å². The van der Waals surface area contributed by atoms with Gasteiger partial charge in [-0.1, -0.05) is 48.0 Å². The molecule has 0 atom stereocenters. The number of halogens is 1. The minimum absolute atomic E-state index is 0.0113. The second-order valence-electron chi connectivity index (χ2n) is 9.54. The summed E-state index contributed by atoms with van der Waals surface area (Å²) in [7, 11) is 0. The van der Waals surface area contributed by atoms with Gasteiger partial charge in [0.05, 0.1) is 16.9 Å². The summed E-state index contributed by atoms with van der Waals surface area (Å²) in [6, 6.07) is 18.4. The summed E-state index contributed by atoms with van der Waals surface area (Å²) in [4.78, 5) is 28.2. The molecular weight excluding hydrogens is 498 g/mol. The van der Waals surface area contributed by atoms with Crippen molar-refractivity contribution in [1.82, 2.24) is 19.9 Å². The second kappa shape index (κ2) is 10.9. The Morgan fingerprint density at radius 3 is 2.53 bits per heavy atom. The summed E-state index contributed by atoms with van der Waals surface area (Å²) in [5.74, 6) is 0.548. The number of ether oxygens (including phenoxy) is 1. The minimum atomic E-state index is 0.0113. The molecule has 1 amide bonds. The van der Waals surface area contributed by atoms with E-state index in [9.17, 15) is 4.79 Å². The smallest absolute Gasteiger partial charge is 0.254 e. The van der Waals surface area contributed by atoms with Crippen molar-refractivity contribution in [2.24, 2.45) is 0 Å². The van der Waals surface area contributed by atoms with Crippen LogP contribution in [0.4, 0.5) is 5.95 Å². The van der Waals surface area contributed by atoms with Gasteiger partial charge >= 0.3 is 0 Å². The van der Waals surface area contributed by atoms with Gasteiger partial charge in [-0.2, -0.15) is 0 Å². The van der Waals surface area contributed by atoms with Gasteiger partial charge in [0.15, 0.2) is 0 Å². The van der Waals surface area contributed by atoms with Gasteiger partial charge in [0, 0.05) is 62.3 Å². The summed E-state index contributed by atoms with van der Waals surface area (Å²) < 4.78 is 5.43. The van der Waals surface area contributed by atoms with E-state index in [0.717, 1.165) is 53.9 Å². The summed E-state index contributed by atoms with van der Waals surface area (Å²) >= 11 is 6.48. The third-order valence-corrected chi connectivity index (χ3v) is 7.31. The molecule has 0 saturated carbocycles. The van der Waals surface area contributed by atoms with Crippen molar-refractivity contribution in [3.63, 3.8) is 0 Å². The number of nitrogens with zero attached hydrogens (tertiary/aromatic N) is 4. The monoisotopic (exact) mass is 524 g/mol. The highest BCUT2D eigenvalue weighted by molar-refractivity contribution is 6.33. The molecule has 1 saturated heterocycles. The zero-order chi connectivity index (χ0) is 25.9. The van der Waals surface area contributed by atoms with E-state index < -0.39 is 0 Å². The quantitative estimate of drug-likeness (QED) is 0.336. The van der Waals surface area contributed by atoms with Crippen LogP contribution in [0.1, 0.15) is 34.3 Å².